The maximum atomic E-state index is 11.1. The lowest BCUT2D eigenvalue weighted by molar-refractivity contribution is -0.00831. The van der Waals surface area contributed by atoms with Gasteiger partial charge in [-0.1, -0.05) is 5.21 Å². The molecule has 1 aromatic rings. The van der Waals surface area contributed by atoms with Crippen molar-refractivity contribution in [1.29, 1.82) is 0 Å². The molecule has 1 spiro atoms. The molecule has 120 valence electrons. The Morgan fingerprint density at radius 3 is 2.55 bits per heavy atom. The van der Waals surface area contributed by atoms with E-state index in [9.17, 15) is 4.79 Å². The van der Waals surface area contributed by atoms with Gasteiger partial charge in [0.2, 0.25) is 0 Å². The minimum absolute atomic E-state index is 0.284. The quantitative estimate of drug-likeness (QED) is 0.895. The van der Waals surface area contributed by atoms with E-state index in [1.807, 2.05) is 10.9 Å². The Kier molecular flexibility index (Phi) is 3.32. The normalized spacial score (nSPS) is 33.3. The molecule has 2 saturated heterocycles. The molecular formula is C15H23N5O2. The second-order valence-corrected chi connectivity index (χ2v) is 7.17. The topological polar surface area (TPSA) is 74.5 Å². The van der Waals surface area contributed by atoms with Crippen molar-refractivity contribution in [3.05, 3.63) is 12.4 Å². The first-order valence-electron chi connectivity index (χ1n) is 8.23. The van der Waals surface area contributed by atoms with Crippen LogP contribution in [-0.4, -0.2) is 68.2 Å². The maximum Gasteiger partial charge on any atom is 0.407 e. The summed E-state index contributed by atoms with van der Waals surface area (Å²) in [6.45, 7) is 3.70. The Balaban J connectivity index is 1.27. The average Bonchev–Trinajstić information content (AvgIpc) is 3.15. The van der Waals surface area contributed by atoms with Gasteiger partial charge in [0.25, 0.3) is 0 Å². The molecule has 1 aromatic heterocycles. The molecule has 0 aromatic carbocycles. The van der Waals surface area contributed by atoms with Gasteiger partial charge < -0.3 is 14.9 Å². The van der Waals surface area contributed by atoms with E-state index in [2.05, 4.69) is 15.2 Å². The highest BCUT2D eigenvalue weighted by Gasteiger charge is 2.51. The molecular weight excluding hydrogens is 282 g/mol. The summed E-state index contributed by atoms with van der Waals surface area (Å²) in [4.78, 5) is 15.3. The van der Waals surface area contributed by atoms with Gasteiger partial charge in [0, 0.05) is 38.4 Å². The summed E-state index contributed by atoms with van der Waals surface area (Å²) in [5, 5.41) is 17.1. The van der Waals surface area contributed by atoms with Crippen LogP contribution in [0.25, 0.3) is 0 Å². The van der Waals surface area contributed by atoms with E-state index >= 15 is 0 Å². The van der Waals surface area contributed by atoms with Crippen LogP contribution in [0.1, 0.15) is 38.1 Å². The molecule has 0 unspecified atom stereocenters. The summed E-state index contributed by atoms with van der Waals surface area (Å²) in [5.41, 5.74) is 0.284. The molecule has 1 amide bonds. The lowest BCUT2D eigenvalue weighted by Gasteiger charge is -2.51. The van der Waals surface area contributed by atoms with Gasteiger partial charge in [-0.15, -0.1) is 5.10 Å². The van der Waals surface area contributed by atoms with Gasteiger partial charge in [0.05, 0.1) is 12.2 Å². The number of likely N-dealkylation sites (tertiary alicyclic amines) is 2. The first-order valence-corrected chi connectivity index (χ1v) is 8.23. The average molecular weight is 305 g/mol. The monoisotopic (exact) mass is 305 g/mol. The number of hydrogen-bond donors (Lipinski definition) is 1. The predicted octanol–water partition coefficient (Wildman–Crippen LogP) is 1.45. The highest BCUT2D eigenvalue weighted by Crippen LogP contribution is 2.50. The van der Waals surface area contributed by atoms with E-state index in [-0.39, 0.29) is 5.41 Å². The minimum Gasteiger partial charge on any atom is -0.465 e. The molecule has 2 aliphatic heterocycles. The third-order valence-corrected chi connectivity index (χ3v) is 5.88. The molecule has 1 saturated carbocycles. The lowest BCUT2D eigenvalue weighted by Crippen LogP contribution is -2.54. The van der Waals surface area contributed by atoms with Crippen molar-refractivity contribution in [2.45, 2.75) is 44.2 Å². The Labute approximate surface area is 129 Å². The number of piperidine rings is 1. The van der Waals surface area contributed by atoms with Crippen LogP contribution in [0.5, 0.6) is 0 Å². The predicted molar refractivity (Wildman–Crippen MR) is 79.5 cm³/mol. The Bertz CT molecular complexity index is 532. The van der Waals surface area contributed by atoms with Gasteiger partial charge >= 0.3 is 6.09 Å². The van der Waals surface area contributed by atoms with Crippen LogP contribution < -0.4 is 0 Å². The van der Waals surface area contributed by atoms with Gasteiger partial charge in [-0.3, -0.25) is 0 Å². The summed E-state index contributed by atoms with van der Waals surface area (Å²) in [6.07, 6.45) is 8.60. The van der Waals surface area contributed by atoms with Gasteiger partial charge in [-0.05, 0) is 37.5 Å². The van der Waals surface area contributed by atoms with Gasteiger partial charge in [0.1, 0.15) is 0 Å². The first-order chi connectivity index (χ1) is 10.7. The van der Waals surface area contributed by atoms with E-state index in [4.69, 9.17) is 5.11 Å². The smallest absolute Gasteiger partial charge is 0.407 e. The molecule has 22 heavy (non-hydrogen) atoms. The minimum atomic E-state index is -0.756. The SMILES string of the molecule is O=C(O)N1CCC2(CC(N3CCC(n4ccnn4)CC3)C2)C1. The third kappa shape index (κ3) is 2.37. The summed E-state index contributed by atoms with van der Waals surface area (Å²) < 4.78 is 1.99. The van der Waals surface area contributed by atoms with Crippen LogP contribution in [-0.2, 0) is 0 Å². The van der Waals surface area contributed by atoms with Gasteiger partial charge in [0.15, 0.2) is 0 Å². The lowest BCUT2D eigenvalue weighted by atomic mass is 9.64. The number of carbonyl (C=O) groups is 1. The van der Waals surface area contributed by atoms with E-state index in [0.717, 1.165) is 45.4 Å². The summed E-state index contributed by atoms with van der Waals surface area (Å²) in [5.74, 6) is 0. The Morgan fingerprint density at radius 2 is 1.95 bits per heavy atom. The van der Waals surface area contributed by atoms with Crippen molar-refractivity contribution >= 4 is 6.09 Å². The van der Waals surface area contributed by atoms with Crippen LogP contribution in [0.15, 0.2) is 12.4 Å². The molecule has 0 bridgehead atoms. The largest absolute Gasteiger partial charge is 0.465 e. The van der Waals surface area contributed by atoms with E-state index in [1.165, 1.54) is 12.8 Å². The van der Waals surface area contributed by atoms with Gasteiger partial charge in [-0.2, -0.15) is 0 Å². The van der Waals surface area contributed by atoms with Crippen LogP contribution >= 0.6 is 0 Å². The third-order valence-electron chi connectivity index (χ3n) is 5.88. The fraction of sp³-hybridized carbons (Fsp3) is 0.800. The zero-order valence-electron chi connectivity index (χ0n) is 12.8. The van der Waals surface area contributed by atoms with Gasteiger partial charge in [-0.25, -0.2) is 9.48 Å². The van der Waals surface area contributed by atoms with E-state index in [0.29, 0.717) is 12.1 Å². The number of aromatic nitrogens is 3. The van der Waals surface area contributed by atoms with Crippen molar-refractivity contribution in [1.82, 2.24) is 24.8 Å². The zero-order chi connectivity index (χ0) is 15.2. The summed E-state index contributed by atoms with van der Waals surface area (Å²) in [7, 11) is 0. The van der Waals surface area contributed by atoms with Crippen molar-refractivity contribution < 1.29 is 9.90 Å². The summed E-state index contributed by atoms with van der Waals surface area (Å²) >= 11 is 0. The van der Waals surface area contributed by atoms with Crippen molar-refractivity contribution in [2.24, 2.45) is 5.41 Å². The fourth-order valence-corrected chi connectivity index (χ4v) is 4.56. The first kappa shape index (κ1) is 14.0. The molecule has 1 N–H and O–H groups in total. The van der Waals surface area contributed by atoms with Crippen molar-refractivity contribution in [3.63, 3.8) is 0 Å². The number of nitrogens with zero attached hydrogens (tertiary/aromatic N) is 5. The molecule has 7 nitrogen and oxygen atoms in total. The molecule has 0 radical (unpaired) electrons. The number of hydrogen-bond acceptors (Lipinski definition) is 4. The number of carboxylic acid groups (broad SMARTS) is 1. The molecule has 3 fully saturated rings. The molecule has 3 aliphatic rings. The second-order valence-electron chi connectivity index (χ2n) is 7.17. The van der Waals surface area contributed by atoms with Crippen LogP contribution in [0.2, 0.25) is 0 Å². The Hall–Kier alpha value is -1.63. The van der Waals surface area contributed by atoms with Crippen LogP contribution in [0.3, 0.4) is 0 Å². The highest BCUT2D eigenvalue weighted by molar-refractivity contribution is 5.65. The second kappa shape index (κ2) is 5.22. The van der Waals surface area contributed by atoms with E-state index < -0.39 is 6.09 Å². The fourth-order valence-electron chi connectivity index (χ4n) is 4.56. The number of rotatable bonds is 2. The molecule has 1 aliphatic carbocycles. The summed E-state index contributed by atoms with van der Waals surface area (Å²) in [6, 6.07) is 1.15. The molecule has 3 heterocycles. The zero-order valence-corrected chi connectivity index (χ0v) is 12.8. The maximum absolute atomic E-state index is 11.1. The van der Waals surface area contributed by atoms with Crippen molar-refractivity contribution in [2.75, 3.05) is 26.2 Å². The standard InChI is InChI=1S/C15H23N5O2/c21-14(22)19-7-3-15(11-19)9-13(10-15)18-5-1-12(2-6-18)20-8-4-16-17-20/h4,8,12-13H,1-3,5-7,9-11H2,(H,21,22). The molecule has 0 atom stereocenters. The molecule has 4 rings (SSSR count). The molecule has 7 heteroatoms. The number of amides is 1. The van der Waals surface area contributed by atoms with Crippen LogP contribution in [0.4, 0.5) is 4.79 Å². The Morgan fingerprint density at radius 1 is 1.18 bits per heavy atom. The van der Waals surface area contributed by atoms with Crippen molar-refractivity contribution in [3.8, 4) is 0 Å². The highest BCUT2D eigenvalue weighted by atomic mass is 16.4. The van der Waals surface area contributed by atoms with Crippen LogP contribution in [0, 0.1) is 5.41 Å². The van der Waals surface area contributed by atoms with E-state index in [1.54, 1.807) is 11.1 Å².